The highest BCUT2D eigenvalue weighted by Crippen LogP contribution is 2.23. The molecule has 0 unspecified atom stereocenters. The van der Waals surface area contributed by atoms with E-state index in [4.69, 9.17) is 16.7 Å². The Balaban J connectivity index is 2.06. The van der Waals surface area contributed by atoms with Crippen LogP contribution in [-0.4, -0.2) is 42.0 Å². The quantitative estimate of drug-likeness (QED) is 0.876. The summed E-state index contributed by atoms with van der Waals surface area (Å²) in [5.74, 6) is -0.411. The minimum absolute atomic E-state index is 0.01000. The van der Waals surface area contributed by atoms with E-state index in [0.29, 0.717) is 18.7 Å². The van der Waals surface area contributed by atoms with Gasteiger partial charge in [-0.1, -0.05) is 11.6 Å². The van der Waals surface area contributed by atoms with E-state index in [1.807, 2.05) is 0 Å². The molecule has 1 fully saturated rings. The monoisotopic (exact) mass is 304 g/mol. The molecule has 0 aliphatic carbocycles. The SMILES string of the molecule is O=C(O)c1cnc(NC2CCS(=O)(=O)CC2)c(Cl)c1. The number of carbonyl (C=O) groups is 1. The van der Waals surface area contributed by atoms with E-state index in [-0.39, 0.29) is 28.1 Å². The Morgan fingerprint density at radius 1 is 1.42 bits per heavy atom. The number of nitrogens with one attached hydrogen (secondary N) is 1. The average Bonchev–Trinajstić information content (AvgIpc) is 2.34. The number of carboxylic acid groups (broad SMARTS) is 1. The van der Waals surface area contributed by atoms with E-state index in [9.17, 15) is 13.2 Å². The van der Waals surface area contributed by atoms with Gasteiger partial charge in [0.2, 0.25) is 0 Å². The van der Waals surface area contributed by atoms with Crippen molar-refractivity contribution in [3.05, 3.63) is 22.8 Å². The Bertz CT molecular complexity index is 589. The van der Waals surface area contributed by atoms with Gasteiger partial charge in [0.05, 0.1) is 22.1 Å². The number of halogens is 1. The van der Waals surface area contributed by atoms with Crippen molar-refractivity contribution in [2.24, 2.45) is 0 Å². The highest BCUT2D eigenvalue weighted by molar-refractivity contribution is 7.91. The number of anilines is 1. The molecule has 6 nitrogen and oxygen atoms in total. The summed E-state index contributed by atoms with van der Waals surface area (Å²) in [5, 5.41) is 12.1. The van der Waals surface area contributed by atoms with Gasteiger partial charge in [-0.05, 0) is 18.9 Å². The van der Waals surface area contributed by atoms with Gasteiger partial charge in [0.15, 0.2) is 0 Å². The van der Waals surface area contributed by atoms with Crippen LogP contribution in [0.5, 0.6) is 0 Å². The molecule has 0 radical (unpaired) electrons. The molecule has 1 aromatic rings. The van der Waals surface area contributed by atoms with Crippen LogP contribution in [0.4, 0.5) is 5.82 Å². The molecule has 1 saturated heterocycles. The Kier molecular flexibility index (Phi) is 3.96. The second kappa shape index (κ2) is 5.34. The first-order valence-corrected chi connectivity index (χ1v) is 7.93. The summed E-state index contributed by atoms with van der Waals surface area (Å²) in [4.78, 5) is 14.7. The lowest BCUT2D eigenvalue weighted by Gasteiger charge is -2.23. The Morgan fingerprint density at radius 3 is 2.58 bits per heavy atom. The van der Waals surface area contributed by atoms with Crippen LogP contribution in [0.1, 0.15) is 23.2 Å². The molecule has 1 aliphatic heterocycles. The Labute approximate surface area is 115 Å². The molecule has 0 aromatic carbocycles. The van der Waals surface area contributed by atoms with Crippen molar-refractivity contribution in [3.63, 3.8) is 0 Å². The molecule has 0 bridgehead atoms. The van der Waals surface area contributed by atoms with Crippen LogP contribution in [0.15, 0.2) is 12.3 Å². The third-order valence-electron chi connectivity index (χ3n) is 2.98. The summed E-state index contributed by atoms with van der Waals surface area (Å²) >= 11 is 5.94. The maximum Gasteiger partial charge on any atom is 0.337 e. The molecule has 1 aliphatic rings. The highest BCUT2D eigenvalue weighted by atomic mass is 35.5. The van der Waals surface area contributed by atoms with Crippen LogP contribution < -0.4 is 5.32 Å². The topological polar surface area (TPSA) is 96.4 Å². The van der Waals surface area contributed by atoms with Gasteiger partial charge in [0, 0.05) is 12.2 Å². The summed E-state index contributed by atoms with van der Waals surface area (Å²) in [5.41, 5.74) is 0.0155. The second-order valence-electron chi connectivity index (χ2n) is 4.43. The van der Waals surface area contributed by atoms with Crippen molar-refractivity contribution in [3.8, 4) is 0 Å². The zero-order chi connectivity index (χ0) is 14.0. The number of hydrogen-bond acceptors (Lipinski definition) is 5. The zero-order valence-electron chi connectivity index (χ0n) is 9.97. The van der Waals surface area contributed by atoms with Gasteiger partial charge in [-0.2, -0.15) is 0 Å². The lowest BCUT2D eigenvalue weighted by molar-refractivity contribution is 0.0696. The fraction of sp³-hybridized carbons (Fsp3) is 0.455. The number of carboxylic acids is 1. The summed E-state index contributed by atoms with van der Waals surface area (Å²) < 4.78 is 22.6. The maximum atomic E-state index is 11.3. The van der Waals surface area contributed by atoms with E-state index in [1.54, 1.807) is 0 Å². The molecule has 2 heterocycles. The van der Waals surface area contributed by atoms with Gasteiger partial charge in [-0.25, -0.2) is 18.2 Å². The molecule has 2 N–H and O–H groups in total. The second-order valence-corrected chi connectivity index (χ2v) is 7.14. The van der Waals surface area contributed by atoms with Crippen LogP contribution in [0.3, 0.4) is 0 Å². The van der Waals surface area contributed by atoms with E-state index in [1.165, 1.54) is 12.3 Å². The third-order valence-corrected chi connectivity index (χ3v) is 4.99. The van der Waals surface area contributed by atoms with Gasteiger partial charge in [-0.3, -0.25) is 0 Å². The fourth-order valence-electron chi connectivity index (χ4n) is 1.89. The first-order chi connectivity index (χ1) is 8.87. The molecule has 0 atom stereocenters. The summed E-state index contributed by atoms with van der Waals surface area (Å²) in [7, 11) is -2.91. The first kappa shape index (κ1) is 14.1. The molecule has 1 aromatic heterocycles. The molecular formula is C11H13ClN2O4S. The minimum atomic E-state index is -2.91. The van der Waals surface area contributed by atoms with Crippen molar-refractivity contribution in [2.45, 2.75) is 18.9 Å². The Morgan fingerprint density at radius 2 is 2.05 bits per heavy atom. The fourth-order valence-corrected chi connectivity index (χ4v) is 3.60. The molecule has 2 rings (SSSR count). The molecule has 19 heavy (non-hydrogen) atoms. The lowest BCUT2D eigenvalue weighted by atomic mass is 10.1. The van der Waals surface area contributed by atoms with Crippen molar-refractivity contribution in [2.75, 3.05) is 16.8 Å². The van der Waals surface area contributed by atoms with E-state index in [2.05, 4.69) is 10.3 Å². The smallest absolute Gasteiger partial charge is 0.337 e. The summed E-state index contributed by atoms with van der Waals surface area (Å²) in [6, 6.07) is 1.31. The number of nitrogens with zero attached hydrogens (tertiary/aromatic N) is 1. The molecule has 0 saturated carbocycles. The number of sulfone groups is 1. The van der Waals surface area contributed by atoms with Gasteiger partial charge in [0.25, 0.3) is 0 Å². The first-order valence-electron chi connectivity index (χ1n) is 5.73. The van der Waals surface area contributed by atoms with E-state index < -0.39 is 15.8 Å². The predicted octanol–water partition coefficient (Wildman–Crippen LogP) is 1.42. The molecule has 104 valence electrons. The van der Waals surface area contributed by atoms with E-state index >= 15 is 0 Å². The molecular weight excluding hydrogens is 292 g/mol. The van der Waals surface area contributed by atoms with Crippen LogP contribution in [0.25, 0.3) is 0 Å². The highest BCUT2D eigenvalue weighted by Gasteiger charge is 2.24. The largest absolute Gasteiger partial charge is 0.478 e. The predicted molar refractivity (Wildman–Crippen MR) is 71.5 cm³/mol. The van der Waals surface area contributed by atoms with Gasteiger partial charge < -0.3 is 10.4 Å². The normalized spacial score (nSPS) is 19.0. The molecule has 8 heteroatoms. The van der Waals surface area contributed by atoms with Crippen LogP contribution in [0.2, 0.25) is 5.02 Å². The van der Waals surface area contributed by atoms with Crippen molar-refractivity contribution >= 4 is 33.2 Å². The van der Waals surface area contributed by atoms with Crippen molar-refractivity contribution in [1.29, 1.82) is 0 Å². The average molecular weight is 305 g/mol. The molecule has 0 spiro atoms. The molecule has 0 amide bonds. The van der Waals surface area contributed by atoms with Crippen molar-refractivity contribution in [1.82, 2.24) is 4.98 Å². The zero-order valence-corrected chi connectivity index (χ0v) is 11.5. The van der Waals surface area contributed by atoms with Gasteiger partial charge in [0.1, 0.15) is 15.7 Å². The number of hydrogen-bond donors (Lipinski definition) is 2. The maximum absolute atomic E-state index is 11.3. The minimum Gasteiger partial charge on any atom is -0.478 e. The van der Waals surface area contributed by atoms with Crippen LogP contribution in [-0.2, 0) is 9.84 Å². The number of pyridine rings is 1. The van der Waals surface area contributed by atoms with Crippen LogP contribution in [0, 0.1) is 0 Å². The number of aromatic carboxylic acids is 1. The van der Waals surface area contributed by atoms with Crippen LogP contribution >= 0.6 is 11.6 Å². The number of rotatable bonds is 3. The lowest BCUT2D eigenvalue weighted by Crippen LogP contribution is -2.32. The van der Waals surface area contributed by atoms with Gasteiger partial charge >= 0.3 is 5.97 Å². The van der Waals surface area contributed by atoms with Crippen molar-refractivity contribution < 1.29 is 18.3 Å². The van der Waals surface area contributed by atoms with Gasteiger partial charge in [-0.15, -0.1) is 0 Å². The Hall–Kier alpha value is -1.34. The third kappa shape index (κ3) is 3.57. The summed E-state index contributed by atoms with van der Waals surface area (Å²) in [6.45, 7) is 0. The summed E-state index contributed by atoms with van der Waals surface area (Å²) in [6.07, 6.45) is 2.22. The number of aromatic nitrogens is 1. The standard InChI is InChI=1S/C11H13ClN2O4S/c12-9-5-7(11(15)16)6-13-10(9)14-8-1-3-19(17,18)4-2-8/h5-6,8H,1-4H2,(H,13,14)(H,15,16). The van der Waals surface area contributed by atoms with E-state index in [0.717, 1.165) is 0 Å².